The smallest absolute Gasteiger partial charge is 0.337 e. The van der Waals surface area contributed by atoms with Crippen LogP contribution in [0, 0.1) is 0 Å². The first kappa shape index (κ1) is 29.0. The van der Waals surface area contributed by atoms with Crippen LogP contribution in [-0.4, -0.2) is 37.4 Å². The third-order valence-corrected chi connectivity index (χ3v) is 11.0. The van der Waals surface area contributed by atoms with E-state index in [1.165, 1.54) is 6.92 Å². The summed E-state index contributed by atoms with van der Waals surface area (Å²) in [6.07, 6.45) is -1.59. The molecule has 1 N–H and O–H groups in total. The molecule has 1 unspecified atom stereocenters. The van der Waals surface area contributed by atoms with Crippen LogP contribution < -0.4 is 0 Å². The Kier molecular flexibility index (Phi) is 11.6. The molecule has 0 saturated carbocycles. The molecule has 0 aliphatic rings. The van der Waals surface area contributed by atoms with Crippen LogP contribution in [0.25, 0.3) is 0 Å². The van der Waals surface area contributed by atoms with Gasteiger partial charge in [0.1, 0.15) is 13.2 Å². The van der Waals surface area contributed by atoms with E-state index < -0.39 is 38.8 Å². The first-order chi connectivity index (χ1) is 17.2. The van der Waals surface area contributed by atoms with E-state index >= 15 is 0 Å². The summed E-state index contributed by atoms with van der Waals surface area (Å²) < 4.78 is 17.4. The van der Waals surface area contributed by atoms with Crippen LogP contribution in [0.5, 0.6) is 0 Å². The van der Waals surface area contributed by atoms with E-state index in [1.807, 2.05) is 81.4 Å². The number of rotatable bonds is 14. The van der Waals surface area contributed by atoms with Gasteiger partial charge in [-0.05, 0) is 36.2 Å². The van der Waals surface area contributed by atoms with Crippen LogP contribution in [-0.2, 0) is 41.5 Å². The number of hydrogen-bond donors (Lipinski definition) is 1. The van der Waals surface area contributed by atoms with Crippen molar-refractivity contribution in [3.63, 3.8) is 0 Å². The number of ether oxygens (including phenoxy) is 2. The number of carboxylic acid groups (broad SMARTS) is 1. The molecule has 0 spiro atoms. The van der Waals surface area contributed by atoms with E-state index in [2.05, 4.69) is 0 Å². The fourth-order valence-corrected chi connectivity index (χ4v) is 6.74. The highest BCUT2D eigenvalue weighted by atomic mass is 28.4. The second kappa shape index (κ2) is 14.4. The number of benzene rings is 2. The monoisotopic (exact) mass is 512 g/mol. The van der Waals surface area contributed by atoms with Crippen LogP contribution in [0.4, 0.5) is 0 Å². The van der Waals surface area contributed by atoms with E-state index in [4.69, 9.17) is 13.9 Å². The minimum atomic E-state index is -2.35. The van der Waals surface area contributed by atoms with Crippen LogP contribution in [0.2, 0.25) is 18.1 Å². The summed E-state index contributed by atoms with van der Waals surface area (Å²) in [6.45, 7) is 7.48. The zero-order valence-corrected chi connectivity index (χ0v) is 22.5. The summed E-state index contributed by atoms with van der Waals surface area (Å²) in [6, 6.07) is 20.5. The molecule has 2 rings (SSSR count). The van der Waals surface area contributed by atoms with E-state index in [9.17, 15) is 19.5 Å². The highest BCUT2D eigenvalue weighted by Crippen LogP contribution is 2.29. The van der Waals surface area contributed by atoms with Crippen LogP contribution in [0.1, 0.15) is 45.2 Å². The summed E-state index contributed by atoms with van der Waals surface area (Å²) >= 11 is 0. The Hall–Kier alpha value is -3.23. The molecule has 0 heterocycles. The summed E-state index contributed by atoms with van der Waals surface area (Å²) in [4.78, 5) is 38.2. The number of esters is 2. The number of hydrogen-bond acceptors (Lipinski definition) is 6. The summed E-state index contributed by atoms with van der Waals surface area (Å²) in [5.74, 6) is -2.64. The molecule has 2 aromatic rings. The van der Waals surface area contributed by atoms with Gasteiger partial charge in [-0.2, -0.15) is 0 Å². The van der Waals surface area contributed by atoms with Crippen molar-refractivity contribution in [2.24, 2.45) is 0 Å². The van der Waals surface area contributed by atoms with Crippen molar-refractivity contribution >= 4 is 26.2 Å². The number of aliphatic carboxylic acids is 1. The van der Waals surface area contributed by atoms with Gasteiger partial charge in [0, 0.05) is 5.57 Å². The minimum absolute atomic E-state index is 0.0125. The minimum Gasteiger partial charge on any atom is -0.481 e. The fourth-order valence-electron chi connectivity index (χ4n) is 3.93. The molecule has 0 fully saturated rings. The lowest BCUT2D eigenvalue weighted by atomic mass is 10.0. The Bertz CT molecular complexity index is 1020. The van der Waals surface area contributed by atoms with Gasteiger partial charge in [0.15, 0.2) is 8.32 Å². The van der Waals surface area contributed by atoms with Gasteiger partial charge in [-0.25, -0.2) is 9.59 Å². The molecule has 1 atom stereocenters. The van der Waals surface area contributed by atoms with E-state index in [0.29, 0.717) is 0 Å². The summed E-state index contributed by atoms with van der Waals surface area (Å²) in [5, 5.41) is 9.65. The van der Waals surface area contributed by atoms with Crippen LogP contribution in [0.15, 0.2) is 71.8 Å². The van der Waals surface area contributed by atoms with Crippen molar-refractivity contribution in [2.75, 3.05) is 0 Å². The second-order valence-electron chi connectivity index (χ2n) is 8.61. The summed E-state index contributed by atoms with van der Waals surface area (Å²) in [7, 11) is -2.35. The molecule has 0 radical (unpaired) electrons. The summed E-state index contributed by atoms with van der Waals surface area (Å²) in [5.41, 5.74) is 1.45. The third kappa shape index (κ3) is 8.46. The Balaban J connectivity index is 2.42. The molecule has 8 heteroatoms. The zero-order chi connectivity index (χ0) is 26.6. The van der Waals surface area contributed by atoms with Crippen molar-refractivity contribution in [2.45, 2.75) is 71.6 Å². The van der Waals surface area contributed by atoms with Gasteiger partial charge in [0.2, 0.25) is 0 Å². The predicted octanol–water partition coefficient (Wildman–Crippen LogP) is 5.65. The fraction of sp³-hybridized carbons (Fsp3) is 0.393. The molecular weight excluding hydrogens is 476 g/mol. The van der Waals surface area contributed by atoms with Gasteiger partial charge in [-0.3, -0.25) is 4.79 Å². The molecule has 0 aliphatic carbocycles. The van der Waals surface area contributed by atoms with E-state index in [1.54, 1.807) is 0 Å². The normalized spacial score (nSPS) is 12.9. The Morgan fingerprint density at radius 3 is 1.64 bits per heavy atom. The van der Waals surface area contributed by atoms with Crippen molar-refractivity contribution in [3.8, 4) is 0 Å². The number of carboxylic acids is 1. The molecule has 0 amide bonds. The van der Waals surface area contributed by atoms with Crippen molar-refractivity contribution < 1.29 is 33.4 Å². The Morgan fingerprint density at radius 2 is 1.22 bits per heavy atom. The molecule has 0 aromatic heterocycles. The molecule has 2 aromatic carbocycles. The quantitative estimate of drug-likeness (QED) is 0.198. The van der Waals surface area contributed by atoms with Gasteiger partial charge in [0.05, 0.1) is 18.1 Å². The molecule has 0 bridgehead atoms. The lowest BCUT2D eigenvalue weighted by Crippen LogP contribution is -2.43. The molecule has 194 valence electrons. The SMILES string of the molecule is CC[Si](CC)(CC)OC(CC(=O)O)/C(C(=O)OCc1ccccc1)=C(\C)C(=O)OCc1ccccc1. The van der Waals surface area contributed by atoms with Crippen molar-refractivity contribution in [1.82, 2.24) is 0 Å². The van der Waals surface area contributed by atoms with Gasteiger partial charge >= 0.3 is 17.9 Å². The second-order valence-corrected chi connectivity index (χ2v) is 13.3. The van der Waals surface area contributed by atoms with E-state index in [-0.39, 0.29) is 24.4 Å². The Morgan fingerprint density at radius 1 is 0.778 bits per heavy atom. The van der Waals surface area contributed by atoms with Gasteiger partial charge < -0.3 is 19.0 Å². The largest absolute Gasteiger partial charge is 0.481 e. The molecule has 36 heavy (non-hydrogen) atoms. The highest BCUT2D eigenvalue weighted by molar-refractivity contribution is 6.73. The maximum absolute atomic E-state index is 13.4. The third-order valence-electron chi connectivity index (χ3n) is 6.36. The van der Waals surface area contributed by atoms with Crippen molar-refractivity contribution in [1.29, 1.82) is 0 Å². The zero-order valence-electron chi connectivity index (χ0n) is 21.5. The first-order valence-electron chi connectivity index (χ1n) is 12.3. The number of carbonyl (C=O) groups is 3. The Labute approximate surface area is 214 Å². The highest BCUT2D eigenvalue weighted by Gasteiger charge is 2.38. The molecule has 7 nitrogen and oxygen atoms in total. The average molecular weight is 513 g/mol. The van der Waals surface area contributed by atoms with Gasteiger partial charge in [-0.15, -0.1) is 0 Å². The first-order valence-corrected chi connectivity index (χ1v) is 14.8. The van der Waals surface area contributed by atoms with Crippen LogP contribution in [0.3, 0.4) is 0 Å². The molecule has 0 aliphatic heterocycles. The lowest BCUT2D eigenvalue weighted by molar-refractivity contribution is -0.145. The standard InChI is InChI=1S/C28H36O7Si/c1-5-36(6-2,7-3)35-24(18-25(29)30)26(28(32)34-20-23-16-12-9-13-17-23)21(4)27(31)33-19-22-14-10-8-11-15-22/h8-17,24H,5-7,18-20H2,1-4H3,(H,29,30)/b26-21-. The average Bonchev–Trinajstić information content (AvgIpc) is 2.90. The topological polar surface area (TPSA) is 99.1 Å². The van der Waals surface area contributed by atoms with Crippen LogP contribution >= 0.6 is 0 Å². The molecular formula is C28H36O7Si. The van der Waals surface area contributed by atoms with Gasteiger partial charge in [0.25, 0.3) is 0 Å². The number of carbonyl (C=O) groups excluding carboxylic acids is 2. The lowest BCUT2D eigenvalue weighted by Gasteiger charge is -2.33. The predicted molar refractivity (Wildman–Crippen MR) is 139 cm³/mol. The van der Waals surface area contributed by atoms with Crippen molar-refractivity contribution in [3.05, 3.63) is 82.9 Å². The molecule has 0 saturated heterocycles. The maximum Gasteiger partial charge on any atom is 0.337 e. The van der Waals surface area contributed by atoms with Gasteiger partial charge in [-0.1, -0.05) is 81.4 Å². The van der Waals surface area contributed by atoms with E-state index in [0.717, 1.165) is 29.3 Å². The maximum atomic E-state index is 13.4.